The number of amides is 1. The third kappa shape index (κ3) is 3.34. The molecule has 5 nitrogen and oxygen atoms in total. The van der Waals surface area contributed by atoms with E-state index in [1.165, 1.54) is 12.1 Å². The highest BCUT2D eigenvalue weighted by molar-refractivity contribution is 7.90. The van der Waals surface area contributed by atoms with Gasteiger partial charge in [0.2, 0.25) is 0 Å². The highest BCUT2D eigenvalue weighted by Gasteiger charge is 2.30. The third-order valence-corrected chi connectivity index (χ3v) is 5.44. The van der Waals surface area contributed by atoms with Crippen molar-refractivity contribution < 1.29 is 13.2 Å². The summed E-state index contributed by atoms with van der Waals surface area (Å²) < 4.78 is 23.4. The standard InChI is InChI=1S/C13H16Cl2N2O3S/c1-21(19,20)12-5-9(10(14)6-11(12)15)13(18)17-4-2-3-8(17)7-16/h5-6,8H,2-4,7,16H2,1H3/t8-/m0/s1. The van der Waals surface area contributed by atoms with E-state index in [9.17, 15) is 13.2 Å². The maximum atomic E-state index is 12.6. The lowest BCUT2D eigenvalue weighted by atomic mass is 10.1. The van der Waals surface area contributed by atoms with Gasteiger partial charge >= 0.3 is 0 Å². The molecule has 1 fully saturated rings. The number of nitrogens with two attached hydrogens (primary N) is 1. The summed E-state index contributed by atoms with van der Waals surface area (Å²) in [5, 5.41) is 0.149. The molecule has 0 spiro atoms. The summed E-state index contributed by atoms with van der Waals surface area (Å²) >= 11 is 12.0. The molecule has 1 atom stereocenters. The normalized spacial score (nSPS) is 19.0. The first-order valence-corrected chi connectivity index (χ1v) is 9.10. The van der Waals surface area contributed by atoms with Gasteiger partial charge in [0.25, 0.3) is 5.91 Å². The molecule has 0 radical (unpaired) electrons. The van der Waals surface area contributed by atoms with Crippen LogP contribution in [0.4, 0.5) is 0 Å². The van der Waals surface area contributed by atoms with Crippen LogP contribution in [0.2, 0.25) is 10.0 Å². The largest absolute Gasteiger partial charge is 0.334 e. The van der Waals surface area contributed by atoms with Gasteiger partial charge in [-0.05, 0) is 25.0 Å². The van der Waals surface area contributed by atoms with Gasteiger partial charge in [0.05, 0.1) is 20.5 Å². The van der Waals surface area contributed by atoms with Crippen LogP contribution in [0.25, 0.3) is 0 Å². The van der Waals surface area contributed by atoms with Crippen LogP contribution in [0, 0.1) is 0 Å². The van der Waals surface area contributed by atoms with Crippen LogP contribution in [-0.2, 0) is 9.84 Å². The van der Waals surface area contributed by atoms with E-state index in [0.717, 1.165) is 19.1 Å². The van der Waals surface area contributed by atoms with Crippen molar-refractivity contribution >= 4 is 38.9 Å². The molecule has 0 saturated carbocycles. The molecule has 1 aliphatic rings. The first-order valence-electron chi connectivity index (χ1n) is 6.46. The number of hydrogen-bond donors (Lipinski definition) is 1. The second kappa shape index (κ2) is 6.12. The van der Waals surface area contributed by atoms with Gasteiger partial charge in [0.1, 0.15) is 0 Å². The van der Waals surface area contributed by atoms with Crippen molar-refractivity contribution in [2.75, 3.05) is 19.3 Å². The van der Waals surface area contributed by atoms with Crippen LogP contribution < -0.4 is 5.73 Å². The number of likely N-dealkylation sites (tertiary alicyclic amines) is 1. The lowest BCUT2D eigenvalue weighted by Crippen LogP contribution is -2.40. The predicted molar refractivity (Wildman–Crippen MR) is 82.7 cm³/mol. The Bertz CT molecular complexity index is 676. The van der Waals surface area contributed by atoms with Gasteiger partial charge in [-0.25, -0.2) is 8.42 Å². The van der Waals surface area contributed by atoms with Crippen LogP contribution in [0.3, 0.4) is 0 Å². The molecule has 0 unspecified atom stereocenters. The molecule has 1 aromatic rings. The molecule has 1 heterocycles. The predicted octanol–water partition coefficient (Wildman–Crippen LogP) is 1.96. The summed E-state index contributed by atoms with van der Waals surface area (Å²) in [5.41, 5.74) is 5.80. The van der Waals surface area contributed by atoms with E-state index >= 15 is 0 Å². The maximum Gasteiger partial charge on any atom is 0.255 e. The van der Waals surface area contributed by atoms with E-state index in [-0.39, 0.29) is 32.5 Å². The first kappa shape index (κ1) is 16.5. The Morgan fingerprint density at radius 1 is 1.38 bits per heavy atom. The molecule has 116 valence electrons. The minimum atomic E-state index is -3.53. The fraction of sp³-hybridized carbons (Fsp3) is 0.462. The quantitative estimate of drug-likeness (QED) is 0.903. The average molecular weight is 351 g/mol. The summed E-state index contributed by atoms with van der Waals surface area (Å²) in [6.07, 6.45) is 2.75. The minimum absolute atomic E-state index is 0.0100. The van der Waals surface area contributed by atoms with Gasteiger partial charge in [-0.3, -0.25) is 4.79 Å². The highest BCUT2D eigenvalue weighted by Crippen LogP contribution is 2.31. The van der Waals surface area contributed by atoms with Crippen molar-refractivity contribution in [2.24, 2.45) is 5.73 Å². The number of benzene rings is 1. The highest BCUT2D eigenvalue weighted by atomic mass is 35.5. The van der Waals surface area contributed by atoms with E-state index in [2.05, 4.69) is 0 Å². The number of sulfone groups is 1. The topological polar surface area (TPSA) is 80.5 Å². The summed E-state index contributed by atoms with van der Waals surface area (Å²) in [6.45, 7) is 0.962. The van der Waals surface area contributed by atoms with Gasteiger partial charge in [-0.15, -0.1) is 0 Å². The molecule has 2 rings (SSSR count). The number of carbonyl (C=O) groups excluding carboxylic acids is 1. The van der Waals surface area contributed by atoms with Crippen LogP contribution in [0.5, 0.6) is 0 Å². The van der Waals surface area contributed by atoms with Crippen molar-refractivity contribution in [2.45, 2.75) is 23.8 Å². The minimum Gasteiger partial charge on any atom is -0.334 e. The lowest BCUT2D eigenvalue weighted by Gasteiger charge is -2.24. The smallest absolute Gasteiger partial charge is 0.255 e. The van der Waals surface area contributed by atoms with Gasteiger partial charge in [-0.2, -0.15) is 0 Å². The fourth-order valence-corrected chi connectivity index (χ4v) is 4.11. The van der Waals surface area contributed by atoms with Crippen molar-refractivity contribution in [1.82, 2.24) is 4.90 Å². The van der Waals surface area contributed by atoms with E-state index < -0.39 is 9.84 Å². The van der Waals surface area contributed by atoms with Crippen LogP contribution >= 0.6 is 23.2 Å². The second-order valence-corrected chi connectivity index (χ2v) is 7.86. The molecule has 1 aromatic carbocycles. The van der Waals surface area contributed by atoms with Crippen molar-refractivity contribution in [1.29, 1.82) is 0 Å². The summed E-state index contributed by atoms with van der Waals surface area (Å²) in [4.78, 5) is 14.1. The Morgan fingerprint density at radius 2 is 2.05 bits per heavy atom. The maximum absolute atomic E-state index is 12.6. The average Bonchev–Trinajstić information content (AvgIpc) is 2.84. The van der Waals surface area contributed by atoms with Gasteiger partial charge in [0, 0.05) is 25.4 Å². The zero-order valence-electron chi connectivity index (χ0n) is 11.5. The number of rotatable bonds is 3. The summed E-state index contributed by atoms with van der Waals surface area (Å²) in [7, 11) is -3.53. The Hall–Kier alpha value is -0.820. The number of halogens is 2. The van der Waals surface area contributed by atoms with Gasteiger partial charge in [-0.1, -0.05) is 23.2 Å². The Labute approximate surface area is 133 Å². The van der Waals surface area contributed by atoms with E-state index in [4.69, 9.17) is 28.9 Å². The molecular weight excluding hydrogens is 335 g/mol. The zero-order valence-corrected chi connectivity index (χ0v) is 13.8. The number of hydrogen-bond acceptors (Lipinski definition) is 4. The fourth-order valence-electron chi connectivity index (χ4n) is 2.48. The lowest BCUT2D eigenvalue weighted by molar-refractivity contribution is 0.0741. The van der Waals surface area contributed by atoms with Crippen molar-refractivity contribution in [3.05, 3.63) is 27.7 Å². The van der Waals surface area contributed by atoms with E-state index in [0.29, 0.717) is 13.1 Å². The Morgan fingerprint density at radius 3 is 2.62 bits per heavy atom. The second-order valence-electron chi connectivity index (χ2n) is 5.06. The Balaban J connectivity index is 2.46. The number of nitrogens with zero attached hydrogens (tertiary/aromatic N) is 1. The van der Waals surface area contributed by atoms with E-state index in [1.54, 1.807) is 4.90 Å². The Kier molecular flexibility index (Phi) is 4.82. The molecule has 1 aliphatic heterocycles. The first-order chi connectivity index (χ1) is 9.75. The van der Waals surface area contributed by atoms with Gasteiger partial charge in [0.15, 0.2) is 9.84 Å². The zero-order chi connectivity index (χ0) is 15.8. The summed E-state index contributed by atoms with van der Waals surface area (Å²) in [6, 6.07) is 2.50. The molecule has 8 heteroatoms. The van der Waals surface area contributed by atoms with E-state index in [1.807, 2.05) is 0 Å². The van der Waals surface area contributed by atoms with Crippen LogP contribution in [-0.4, -0.2) is 44.6 Å². The molecule has 2 N–H and O–H groups in total. The van der Waals surface area contributed by atoms with Crippen LogP contribution in [0.1, 0.15) is 23.2 Å². The van der Waals surface area contributed by atoms with Crippen molar-refractivity contribution in [3.63, 3.8) is 0 Å². The molecule has 21 heavy (non-hydrogen) atoms. The van der Waals surface area contributed by atoms with Gasteiger partial charge < -0.3 is 10.6 Å². The van der Waals surface area contributed by atoms with Crippen LogP contribution in [0.15, 0.2) is 17.0 Å². The molecule has 0 bridgehead atoms. The molecule has 0 aliphatic carbocycles. The third-order valence-electron chi connectivity index (χ3n) is 3.56. The van der Waals surface area contributed by atoms with Crippen molar-refractivity contribution in [3.8, 4) is 0 Å². The molecule has 0 aromatic heterocycles. The number of carbonyl (C=O) groups is 1. The SMILES string of the molecule is CS(=O)(=O)c1cc(C(=O)N2CCC[C@H]2CN)c(Cl)cc1Cl. The monoisotopic (exact) mass is 350 g/mol. The molecule has 1 saturated heterocycles. The molecular formula is C13H16Cl2N2O3S. The summed E-state index contributed by atoms with van der Waals surface area (Å²) in [5.74, 6) is -0.311. The molecule has 1 amide bonds.